The predicted octanol–water partition coefficient (Wildman–Crippen LogP) is 3.65. The summed E-state index contributed by atoms with van der Waals surface area (Å²) in [6.45, 7) is 3.64. The topological polar surface area (TPSA) is 113 Å². The summed E-state index contributed by atoms with van der Waals surface area (Å²) in [7, 11) is 1.41. The number of ketones is 1. The first kappa shape index (κ1) is 21.5. The molecule has 4 rings (SSSR count). The summed E-state index contributed by atoms with van der Waals surface area (Å²) in [4.78, 5) is 36.8. The lowest BCUT2D eigenvalue weighted by Gasteiger charge is -2.27. The Balaban J connectivity index is 1.85. The molecule has 0 spiro atoms. The number of hydrogen-bond acceptors (Lipinski definition) is 8. The molecule has 0 saturated carbocycles. The Hall–Kier alpha value is -3.72. The number of phenolic OH excluding ortho intramolecular Hbond substituents is 1. The van der Waals surface area contributed by atoms with Crippen molar-refractivity contribution in [1.29, 1.82) is 0 Å². The van der Waals surface area contributed by atoms with Gasteiger partial charge in [-0.2, -0.15) is 0 Å². The van der Waals surface area contributed by atoms with Crippen LogP contribution < -0.4 is 4.74 Å². The number of carbonyl (C=O) groups is 2. The first-order valence-electron chi connectivity index (χ1n) is 9.80. The minimum atomic E-state index is -0.883. The Labute approximate surface area is 188 Å². The molecule has 1 aromatic carbocycles. The molecule has 2 N–H and O–H groups in total. The monoisotopic (exact) mass is 451 g/mol. The molecule has 0 aliphatic carbocycles. The number of ether oxygens (including phenoxy) is 1. The molecule has 1 aliphatic heterocycles. The molecule has 8 nitrogen and oxygen atoms in total. The van der Waals surface area contributed by atoms with Gasteiger partial charge < -0.3 is 19.8 Å². The van der Waals surface area contributed by atoms with Gasteiger partial charge in [-0.3, -0.25) is 14.6 Å². The molecule has 1 unspecified atom stereocenters. The number of aromatic nitrogens is 2. The minimum absolute atomic E-state index is 0.0293. The van der Waals surface area contributed by atoms with Crippen LogP contribution in [0.15, 0.2) is 54.1 Å². The number of benzene rings is 1. The van der Waals surface area contributed by atoms with E-state index in [1.54, 1.807) is 44.4 Å². The van der Waals surface area contributed by atoms with Gasteiger partial charge in [-0.25, -0.2) is 4.98 Å². The van der Waals surface area contributed by atoms with Crippen LogP contribution in [0.4, 0.5) is 0 Å². The SMILES string of the molecule is COc1cc(C2C(C(=O)c3sc(C)nc3C)=C(O)C(=O)N2Cc2cccnc2)ccc1O. The Morgan fingerprint density at radius 1 is 1.25 bits per heavy atom. The fourth-order valence-electron chi connectivity index (χ4n) is 3.81. The number of aliphatic hydroxyl groups excluding tert-OH is 1. The van der Waals surface area contributed by atoms with Crippen LogP contribution in [0.3, 0.4) is 0 Å². The van der Waals surface area contributed by atoms with Gasteiger partial charge in [0.2, 0.25) is 5.78 Å². The Morgan fingerprint density at radius 2 is 2.03 bits per heavy atom. The number of methoxy groups -OCH3 is 1. The van der Waals surface area contributed by atoms with Gasteiger partial charge in [0.1, 0.15) is 0 Å². The van der Waals surface area contributed by atoms with Gasteiger partial charge in [-0.05, 0) is 43.2 Å². The van der Waals surface area contributed by atoms with Crippen molar-refractivity contribution in [2.75, 3.05) is 7.11 Å². The molecule has 164 valence electrons. The molecule has 0 radical (unpaired) electrons. The lowest BCUT2D eigenvalue weighted by atomic mass is 9.94. The van der Waals surface area contributed by atoms with Crippen molar-refractivity contribution < 1.29 is 24.5 Å². The van der Waals surface area contributed by atoms with E-state index in [2.05, 4.69) is 9.97 Å². The molecular weight excluding hydrogens is 430 g/mol. The van der Waals surface area contributed by atoms with Gasteiger partial charge in [0.25, 0.3) is 5.91 Å². The number of Topliss-reactive ketones (excluding diaryl/α,β-unsaturated/α-hetero) is 1. The molecule has 0 saturated heterocycles. The maximum atomic E-state index is 13.5. The predicted molar refractivity (Wildman–Crippen MR) is 118 cm³/mol. The third-order valence-corrected chi connectivity index (χ3v) is 6.32. The van der Waals surface area contributed by atoms with Crippen LogP contribution in [0.25, 0.3) is 0 Å². The highest BCUT2D eigenvalue weighted by atomic mass is 32.1. The van der Waals surface area contributed by atoms with E-state index in [1.165, 1.54) is 29.4 Å². The maximum absolute atomic E-state index is 13.5. The number of amides is 1. The van der Waals surface area contributed by atoms with Crippen molar-refractivity contribution in [1.82, 2.24) is 14.9 Å². The van der Waals surface area contributed by atoms with Crippen molar-refractivity contribution in [2.45, 2.75) is 26.4 Å². The van der Waals surface area contributed by atoms with E-state index < -0.39 is 23.5 Å². The average Bonchev–Trinajstić information content (AvgIpc) is 3.25. The number of phenols is 1. The van der Waals surface area contributed by atoms with Crippen molar-refractivity contribution in [3.05, 3.63) is 80.8 Å². The van der Waals surface area contributed by atoms with E-state index in [4.69, 9.17) is 4.74 Å². The summed E-state index contributed by atoms with van der Waals surface area (Å²) in [5, 5.41) is 21.5. The maximum Gasteiger partial charge on any atom is 0.290 e. The largest absolute Gasteiger partial charge is 0.504 e. The third-order valence-electron chi connectivity index (χ3n) is 5.25. The van der Waals surface area contributed by atoms with Crippen LogP contribution in [-0.2, 0) is 11.3 Å². The van der Waals surface area contributed by atoms with Crippen LogP contribution >= 0.6 is 11.3 Å². The van der Waals surface area contributed by atoms with Gasteiger partial charge in [-0.1, -0.05) is 12.1 Å². The normalized spacial score (nSPS) is 16.0. The Bertz CT molecular complexity index is 1240. The molecule has 1 amide bonds. The minimum Gasteiger partial charge on any atom is -0.504 e. The van der Waals surface area contributed by atoms with Crippen LogP contribution in [0, 0.1) is 13.8 Å². The summed E-state index contributed by atoms with van der Waals surface area (Å²) in [6.07, 6.45) is 3.24. The number of aryl methyl sites for hydroxylation is 2. The first-order valence-corrected chi connectivity index (χ1v) is 10.6. The van der Waals surface area contributed by atoms with Gasteiger partial charge in [0.15, 0.2) is 17.3 Å². The van der Waals surface area contributed by atoms with Gasteiger partial charge in [-0.15, -0.1) is 11.3 Å². The molecule has 1 atom stereocenters. The number of carbonyl (C=O) groups excluding carboxylic acids is 2. The van der Waals surface area contributed by atoms with Crippen LogP contribution in [-0.4, -0.2) is 43.9 Å². The highest BCUT2D eigenvalue weighted by molar-refractivity contribution is 7.14. The summed E-state index contributed by atoms with van der Waals surface area (Å²) in [6, 6.07) is 7.26. The molecule has 1 aliphatic rings. The third kappa shape index (κ3) is 3.71. The zero-order valence-corrected chi connectivity index (χ0v) is 18.5. The number of aliphatic hydroxyl groups is 1. The van der Waals surface area contributed by atoms with Crippen LogP contribution in [0.1, 0.15) is 37.5 Å². The van der Waals surface area contributed by atoms with E-state index in [1.807, 2.05) is 6.07 Å². The second-order valence-corrected chi connectivity index (χ2v) is 8.57. The van der Waals surface area contributed by atoms with Crippen LogP contribution in [0.5, 0.6) is 11.5 Å². The zero-order chi connectivity index (χ0) is 23.0. The van der Waals surface area contributed by atoms with E-state index >= 15 is 0 Å². The Kier molecular flexibility index (Phi) is 5.67. The summed E-state index contributed by atoms with van der Waals surface area (Å²) < 4.78 is 5.22. The Morgan fingerprint density at radius 3 is 2.66 bits per heavy atom. The summed E-state index contributed by atoms with van der Waals surface area (Å²) in [5.41, 5.74) is 1.77. The smallest absolute Gasteiger partial charge is 0.290 e. The van der Waals surface area contributed by atoms with E-state index in [0.717, 1.165) is 5.56 Å². The number of nitrogens with zero attached hydrogens (tertiary/aromatic N) is 3. The van der Waals surface area contributed by atoms with E-state index in [-0.39, 0.29) is 23.6 Å². The molecule has 3 heterocycles. The zero-order valence-electron chi connectivity index (χ0n) is 17.7. The number of rotatable bonds is 6. The molecule has 9 heteroatoms. The molecule has 3 aromatic rings. The van der Waals surface area contributed by atoms with Crippen molar-refractivity contribution >= 4 is 23.0 Å². The van der Waals surface area contributed by atoms with E-state index in [9.17, 15) is 19.8 Å². The molecule has 0 fully saturated rings. The second-order valence-electron chi connectivity index (χ2n) is 7.37. The van der Waals surface area contributed by atoms with Crippen molar-refractivity contribution in [3.8, 4) is 11.5 Å². The highest BCUT2D eigenvalue weighted by Gasteiger charge is 2.44. The number of thiazole rings is 1. The van der Waals surface area contributed by atoms with Gasteiger partial charge in [0, 0.05) is 18.9 Å². The lowest BCUT2D eigenvalue weighted by Crippen LogP contribution is -2.30. The lowest BCUT2D eigenvalue weighted by molar-refractivity contribution is -0.130. The van der Waals surface area contributed by atoms with Gasteiger partial charge >= 0.3 is 0 Å². The molecular formula is C23H21N3O5S. The molecule has 0 bridgehead atoms. The fourth-order valence-corrected chi connectivity index (χ4v) is 4.69. The molecule has 32 heavy (non-hydrogen) atoms. The second kappa shape index (κ2) is 8.43. The standard InChI is InChI=1S/C23H21N3O5S/c1-12-22(32-13(2)25-12)20(28)18-19(15-6-7-16(27)17(9-15)31-3)26(23(30)21(18)29)11-14-5-4-8-24-10-14/h4-10,19,27,29H,11H2,1-3H3. The average molecular weight is 452 g/mol. The van der Waals surface area contributed by atoms with Crippen molar-refractivity contribution in [3.63, 3.8) is 0 Å². The summed E-state index contributed by atoms with van der Waals surface area (Å²) >= 11 is 1.21. The number of aromatic hydroxyl groups is 1. The van der Waals surface area contributed by atoms with E-state index in [0.29, 0.717) is 21.1 Å². The molecule has 2 aromatic heterocycles. The number of hydrogen-bond donors (Lipinski definition) is 2. The first-order chi connectivity index (χ1) is 15.3. The number of pyridine rings is 1. The van der Waals surface area contributed by atoms with Gasteiger partial charge in [0.05, 0.1) is 34.3 Å². The fraction of sp³-hybridized carbons (Fsp3) is 0.217. The van der Waals surface area contributed by atoms with Crippen molar-refractivity contribution in [2.24, 2.45) is 0 Å². The van der Waals surface area contributed by atoms with Crippen LogP contribution in [0.2, 0.25) is 0 Å². The quantitative estimate of drug-likeness (QED) is 0.550. The summed E-state index contributed by atoms with van der Waals surface area (Å²) in [5.74, 6) is -1.59. The highest BCUT2D eigenvalue weighted by Crippen LogP contribution is 2.42.